The molecule has 2 atom stereocenters. The van der Waals surface area contributed by atoms with Gasteiger partial charge in [-0.1, -0.05) is 13.8 Å². The molecular weight excluding hydrogens is 436 g/mol. The standard InChI is InChI=1S/C22H27F2N5O4/c1-11(2)8-28-20-14(6-7-17(30)27-9-15(23)16(24)10-27)12(3)26-29(20)22(33)18(21(28)32)19(31)25-13-4-5-13/h6-7,11,13,15-16,33H,4-5,8-10H2,1-3H3,(H,25,31)/b7-6+/t15-,16+. The predicted molar refractivity (Wildman–Crippen MR) is 117 cm³/mol. The molecule has 0 aromatic carbocycles. The summed E-state index contributed by atoms with van der Waals surface area (Å²) in [5, 5.41) is 17.8. The Hall–Kier alpha value is -3.24. The second-order valence-electron chi connectivity index (χ2n) is 9.10. The van der Waals surface area contributed by atoms with Gasteiger partial charge in [0.1, 0.15) is 5.65 Å². The minimum Gasteiger partial charge on any atom is -0.492 e. The molecule has 0 radical (unpaired) electrons. The maximum absolute atomic E-state index is 13.5. The third kappa shape index (κ3) is 4.36. The van der Waals surface area contributed by atoms with Crippen molar-refractivity contribution >= 4 is 23.5 Å². The Labute approximate surface area is 188 Å². The summed E-state index contributed by atoms with van der Waals surface area (Å²) in [5.74, 6) is -1.78. The lowest BCUT2D eigenvalue weighted by molar-refractivity contribution is -0.125. The molecule has 1 saturated carbocycles. The molecule has 0 bridgehead atoms. The van der Waals surface area contributed by atoms with Gasteiger partial charge in [-0.3, -0.25) is 19.0 Å². The monoisotopic (exact) mass is 463 g/mol. The summed E-state index contributed by atoms with van der Waals surface area (Å²) < 4.78 is 29.4. The van der Waals surface area contributed by atoms with E-state index in [2.05, 4.69) is 10.4 Å². The molecule has 33 heavy (non-hydrogen) atoms. The van der Waals surface area contributed by atoms with E-state index in [0.29, 0.717) is 11.3 Å². The molecule has 2 amide bonds. The van der Waals surface area contributed by atoms with Gasteiger partial charge in [0.05, 0.1) is 18.8 Å². The Morgan fingerprint density at radius 1 is 1.24 bits per heavy atom. The molecule has 2 aromatic heterocycles. The normalized spacial score (nSPS) is 21.0. The van der Waals surface area contributed by atoms with Gasteiger partial charge in [0.2, 0.25) is 11.8 Å². The van der Waals surface area contributed by atoms with Gasteiger partial charge in [-0.15, -0.1) is 0 Å². The molecule has 4 rings (SSSR count). The van der Waals surface area contributed by atoms with Crippen LogP contribution in [0.15, 0.2) is 10.9 Å². The van der Waals surface area contributed by atoms with Crippen LogP contribution in [-0.2, 0) is 11.3 Å². The van der Waals surface area contributed by atoms with Crippen LogP contribution in [0.2, 0.25) is 0 Å². The molecule has 2 aromatic rings. The van der Waals surface area contributed by atoms with Gasteiger partial charge in [0.25, 0.3) is 11.5 Å². The van der Waals surface area contributed by atoms with Crippen molar-refractivity contribution in [3.8, 4) is 5.88 Å². The van der Waals surface area contributed by atoms with E-state index >= 15 is 0 Å². The molecule has 1 aliphatic heterocycles. The third-order valence-corrected chi connectivity index (χ3v) is 5.79. The topological polar surface area (TPSA) is 109 Å². The van der Waals surface area contributed by atoms with Crippen LogP contribution >= 0.6 is 0 Å². The number of halogens is 2. The molecular formula is C22H27F2N5O4. The van der Waals surface area contributed by atoms with E-state index in [9.17, 15) is 28.3 Å². The van der Waals surface area contributed by atoms with Crippen molar-refractivity contribution in [2.24, 2.45) is 5.92 Å². The third-order valence-electron chi connectivity index (χ3n) is 5.79. The lowest BCUT2D eigenvalue weighted by Gasteiger charge is -2.15. The van der Waals surface area contributed by atoms with Crippen molar-refractivity contribution in [3.05, 3.63) is 33.3 Å². The van der Waals surface area contributed by atoms with Crippen molar-refractivity contribution in [3.63, 3.8) is 0 Å². The summed E-state index contributed by atoms with van der Waals surface area (Å²) in [5.41, 5.74) is -0.0293. The largest absolute Gasteiger partial charge is 0.492 e. The van der Waals surface area contributed by atoms with E-state index in [0.717, 1.165) is 22.3 Å². The Kier molecular flexibility index (Phi) is 5.98. The molecule has 2 fully saturated rings. The molecule has 1 aliphatic carbocycles. The highest BCUT2D eigenvalue weighted by molar-refractivity contribution is 5.97. The maximum atomic E-state index is 13.5. The number of carbonyl (C=O) groups is 2. The summed E-state index contributed by atoms with van der Waals surface area (Å²) >= 11 is 0. The number of carbonyl (C=O) groups excluding carboxylic acids is 2. The SMILES string of the molecule is Cc1nn2c(O)c(C(=O)NC3CC3)c(=O)n(CC(C)C)c2c1/C=C/C(=O)N1C[C@@H](F)[C@@H](F)C1. The van der Waals surface area contributed by atoms with Crippen LogP contribution in [0.4, 0.5) is 8.78 Å². The van der Waals surface area contributed by atoms with Crippen molar-refractivity contribution in [2.45, 2.75) is 58.5 Å². The average molecular weight is 463 g/mol. The first-order valence-corrected chi connectivity index (χ1v) is 11.0. The van der Waals surface area contributed by atoms with Crippen LogP contribution in [0.5, 0.6) is 5.88 Å². The van der Waals surface area contributed by atoms with Crippen LogP contribution in [0.25, 0.3) is 11.7 Å². The summed E-state index contributed by atoms with van der Waals surface area (Å²) in [6, 6.07) is -0.00664. The lowest BCUT2D eigenvalue weighted by atomic mass is 10.1. The molecule has 0 unspecified atom stereocenters. The number of rotatable bonds is 6. The molecule has 1 saturated heterocycles. The van der Waals surface area contributed by atoms with Gasteiger partial charge < -0.3 is 15.3 Å². The maximum Gasteiger partial charge on any atom is 0.270 e. The van der Waals surface area contributed by atoms with Crippen LogP contribution in [-0.4, -0.2) is 67.5 Å². The van der Waals surface area contributed by atoms with Crippen molar-refractivity contribution in [1.82, 2.24) is 24.4 Å². The number of hydrogen-bond acceptors (Lipinski definition) is 5. The van der Waals surface area contributed by atoms with Crippen molar-refractivity contribution in [2.75, 3.05) is 13.1 Å². The van der Waals surface area contributed by atoms with Crippen LogP contribution in [0, 0.1) is 12.8 Å². The quantitative estimate of drug-likeness (QED) is 0.633. The predicted octanol–water partition coefficient (Wildman–Crippen LogP) is 1.59. The van der Waals surface area contributed by atoms with Gasteiger partial charge in [0, 0.05) is 24.2 Å². The fraction of sp³-hybridized carbons (Fsp3) is 0.545. The zero-order valence-electron chi connectivity index (χ0n) is 18.7. The minimum atomic E-state index is -1.71. The summed E-state index contributed by atoms with van der Waals surface area (Å²) in [4.78, 5) is 39.5. The number of alkyl halides is 2. The number of aryl methyl sites for hydroxylation is 1. The lowest BCUT2D eigenvalue weighted by Crippen LogP contribution is -2.36. The fourth-order valence-electron chi connectivity index (χ4n) is 3.95. The minimum absolute atomic E-state index is 0.00664. The van der Waals surface area contributed by atoms with E-state index in [1.165, 1.54) is 16.7 Å². The molecule has 0 spiro atoms. The van der Waals surface area contributed by atoms with Gasteiger partial charge in [-0.25, -0.2) is 8.78 Å². The first kappa shape index (κ1) is 22.9. The average Bonchev–Trinajstić information content (AvgIpc) is 3.40. The molecule has 11 heteroatoms. The van der Waals surface area contributed by atoms with E-state index in [-0.39, 0.29) is 42.8 Å². The molecule has 2 N–H and O–H groups in total. The second-order valence-corrected chi connectivity index (χ2v) is 9.10. The number of aromatic hydroxyl groups is 1. The number of nitrogens with zero attached hydrogens (tertiary/aromatic N) is 4. The van der Waals surface area contributed by atoms with Gasteiger partial charge in [-0.05, 0) is 31.8 Å². The number of hydrogen-bond donors (Lipinski definition) is 2. The number of nitrogens with one attached hydrogen (secondary N) is 1. The molecule has 9 nitrogen and oxygen atoms in total. The number of likely N-dealkylation sites (tertiary alicyclic amines) is 1. The van der Waals surface area contributed by atoms with E-state index in [4.69, 9.17) is 0 Å². The number of aromatic nitrogens is 3. The highest BCUT2D eigenvalue weighted by atomic mass is 19.2. The van der Waals surface area contributed by atoms with Gasteiger partial charge in [-0.2, -0.15) is 9.61 Å². The first-order chi connectivity index (χ1) is 15.6. The Bertz CT molecular complexity index is 1190. The van der Waals surface area contributed by atoms with E-state index in [1.54, 1.807) is 6.92 Å². The second kappa shape index (κ2) is 8.60. The van der Waals surface area contributed by atoms with E-state index in [1.807, 2.05) is 13.8 Å². The smallest absolute Gasteiger partial charge is 0.270 e. The number of fused-ring (bicyclic) bond motifs is 1. The molecule has 3 heterocycles. The van der Waals surface area contributed by atoms with Gasteiger partial charge >= 0.3 is 0 Å². The number of amides is 2. The Balaban J connectivity index is 1.79. The van der Waals surface area contributed by atoms with Crippen LogP contribution in [0.1, 0.15) is 48.3 Å². The summed E-state index contributed by atoms with van der Waals surface area (Å²) in [6.07, 6.45) is 0.802. The Morgan fingerprint density at radius 2 is 1.88 bits per heavy atom. The van der Waals surface area contributed by atoms with Crippen LogP contribution < -0.4 is 10.9 Å². The van der Waals surface area contributed by atoms with E-state index < -0.39 is 35.6 Å². The van der Waals surface area contributed by atoms with Crippen LogP contribution in [0.3, 0.4) is 0 Å². The zero-order chi connectivity index (χ0) is 24.0. The molecule has 178 valence electrons. The fourth-order valence-corrected chi connectivity index (χ4v) is 3.95. The first-order valence-electron chi connectivity index (χ1n) is 11.0. The molecule has 2 aliphatic rings. The summed E-state index contributed by atoms with van der Waals surface area (Å²) in [6.45, 7) is 5.03. The van der Waals surface area contributed by atoms with Crippen molar-refractivity contribution in [1.29, 1.82) is 0 Å². The highest BCUT2D eigenvalue weighted by Crippen LogP contribution is 2.25. The summed E-state index contributed by atoms with van der Waals surface area (Å²) in [7, 11) is 0. The Morgan fingerprint density at radius 3 is 2.45 bits per heavy atom. The van der Waals surface area contributed by atoms with Gasteiger partial charge in [0.15, 0.2) is 17.9 Å². The highest BCUT2D eigenvalue weighted by Gasteiger charge is 2.35. The zero-order valence-corrected chi connectivity index (χ0v) is 18.7. The van der Waals surface area contributed by atoms with Crippen molar-refractivity contribution < 1.29 is 23.5 Å².